The van der Waals surface area contributed by atoms with Gasteiger partial charge in [-0.3, -0.25) is 9.69 Å². The van der Waals surface area contributed by atoms with Crippen molar-refractivity contribution in [1.29, 1.82) is 0 Å². The molecule has 3 heteroatoms. The molecule has 1 aliphatic heterocycles. The van der Waals surface area contributed by atoms with Gasteiger partial charge in [0.2, 0.25) is 0 Å². The van der Waals surface area contributed by atoms with Crippen LogP contribution in [0.4, 0.5) is 0 Å². The summed E-state index contributed by atoms with van der Waals surface area (Å²) in [5.74, 6) is 0.208. The molecule has 1 aromatic rings. The molecule has 1 saturated heterocycles. The summed E-state index contributed by atoms with van der Waals surface area (Å²) >= 11 is 0. The number of Topliss-reactive ketones (excluding diaryl/α,β-unsaturated/α-hetero) is 1. The van der Waals surface area contributed by atoms with Crippen molar-refractivity contribution in [3.05, 3.63) is 35.9 Å². The van der Waals surface area contributed by atoms with Gasteiger partial charge in [0.05, 0.1) is 11.7 Å². The fourth-order valence-electron chi connectivity index (χ4n) is 3.32. The molecule has 1 fully saturated rings. The lowest BCUT2D eigenvalue weighted by Gasteiger charge is -2.44. The van der Waals surface area contributed by atoms with Gasteiger partial charge in [-0.1, -0.05) is 44.2 Å². The second-order valence-corrected chi connectivity index (χ2v) is 7.44. The third kappa shape index (κ3) is 4.14. The van der Waals surface area contributed by atoms with Crippen LogP contribution in [-0.4, -0.2) is 42.0 Å². The number of carbonyl (C=O) groups is 1. The Kier molecular flexibility index (Phi) is 4.54. The van der Waals surface area contributed by atoms with Crippen LogP contribution >= 0.6 is 0 Å². The molecule has 1 aromatic carbocycles. The van der Waals surface area contributed by atoms with Crippen molar-refractivity contribution in [2.24, 2.45) is 5.41 Å². The van der Waals surface area contributed by atoms with E-state index in [-0.39, 0.29) is 17.5 Å². The van der Waals surface area contributed by atoms with Crippen molar-refractivity contribution in [3.63, 3.8) is 0 Å². The number of hydrogen-bond acceptors (Lipinski definition) is 3. The van der Waals surface area contributed by atoms with E-state index in [1.165, 1.54) is 0 Å². The van der Waals surface area contributed by atoms with Crippen molar-refractivity contribution in [1.82, 2.24) is 4.90 Å². The standard InChI is InChI=1S/C18H27NO2/c1-14-11-19(13-18(4,5)21-14)12-17(2,3)16(20)15-9-7-6-8-10-15/h6-10,14H,11-13H2,1-5H3. The van der Waals surface area contributed by atoms with Gasteiger partial charge in [0, 0.05) is 30.6 Å². The maximum absolute atomic E-state index is 12.7. The quantitative estimate of drug-likeness (QED) is 0.796. The Labute approximate surface area is 128 Å². The molecule has 2 rings (SSSR count). The van der Waals surface area contributed by atoms with Crippen LogP contribution in [0.25, 0.3) is 0 Å². The third-order valence-electron chi connectivity index (χ3n) is 3.91. The zero-order chi connectivity index (χ0) is 15.7. The molecule has 1 unspecified atom stereocenters. The number of benzene rings is 1. The van der Waals surface area contributed by atoms with Crippen molar-refractivity contribution < 1.29 is 9.53 Å². The first-order valence-corrected chi connectivity index (χ1v) is 7.70. The summed E-state index contributed by atoms with van der Waals surface area (Å²) in [6, 6.07) is 9.58. The second kappa shape index (κ2) is 5.90. The average Bonchev–Trinajstić information content (AvgIpc) is 2.35. The van der Waals surface area contributed by atoms with E-state index in [4.69, 9.17) is 4.74 Å². The van der Waals surface area contributed by atoms with Crippen molar-refractivity contribution >= 4 is 5.78 Å². The number of ether oxygens (including phenoxy) is 1. The van der Waals surface area contributed by atoms with Gasteiger partial charge in [0.1, 0.15) is 0 Å². The molecule has 0 aliphatic carbocycles. The molecular weight excluding hydrogens is 262 g/mol. The lowest BCUT2D eigenvalue weighted by Crippen LogP contribution is -2.54. The van der Waals surface area contributed by atoms with Crippen LogP contribution < -0.4 is 0 Å². The highest BCUT2D eigenvalue weighted by molar-refractivity contribution is 6.00. The van der Waals surface area contributed by atoms with Gasteiger partial charge >= 0.3 is 0 Å². The van der Waals surface area contributed by atoms with E-state index in [1.54, 1.807) is 0 Å². The monoisotopic (exact) mass is 289 g/mol. The zero-order valence-corrected chi connectivity index (χ0v) is 13.8. The van der Waals surface area contributed by atoms with Crippen LogP contribution in [0.1, 0.15) is 45.0 Å². The first-order valence-electron chi connectivity index (χ1n) is 7.70. The summed E-state index contributed by atoms with van der Waals surface area (Å²) in [5, 5.41) is 0. The predicted octanol–water partition coefficient (Wildman–Crippen LogP) is 3.39. The van der Waals surface area contributed by atoms with E-state index >= 15 is 0 Å². The maximum Gasteiger partial charge on any atom is 0.169 e. The Morgan fingerprint density at radius 2 is 1.95 bits per heavy atom. The lowest BCUT2D eigenvalue weighted by atomic mass is 9.83. The van der Waals surface area contributed by atoms with Crippen molar-refractivity contribution in [3.8, 4) is 0 Å². The molecule has 1 atom stereocenters. The minimum atomic E-state index is -0.394. The van der Waals surface area contributed by atoms with Gasteiger partial charge in [-0.15, -0.1) is 0 Å². The largest absolute Gasteiger partial charge is 0.370 e. The molecule has 0 spiro atoms. The smallest absolute Gasteiger partial charge is 0.169 e. The highest BCUT2D eigenvalue weighted by atomic mass is 16.5. The van der Waals surface area contributed by atoms with Gasteiger partial charge in [-0.05, 0) is 20.8 Å². The van der Waals surface area contributed by atoms with Crippen molar-refractivity contribution in [2.75, 3.05) is 19.6 Å². The van der Waals surface area contributed by atoms with Gasteiger partial charge in [-0.25, -0.2) is 0 Å². The van der Waals surface area contributed by atoms with Crippen LogP contribution in [0.15, 0.2) is 30.3 Å². The van der Waals surface area contributed by atoms with Gasteiger partial charge < -0.3 is 4.74 Å². The predicted molar refractivity (Wildman–Crippen MR) is 85.6 cm³/mol. The second-order valence-electron chi connectivity index (χ2n) is 7.44. The van der Waals surface area contributed by atoms with E-state index in [1.807, 2.05) is 44.2 Å². The Bertz CT molecular complexity index is 493. The van der Waals surface area contributed by atoms with Crippen LogP contribution in [0.2, 0.25) is 0 Å². The fourth-order valence-corrected chi connectivity index (χ4v) is 3.32. The minimum absolute atomic E-state index is 0.149. The van der Waals surface area contributed by atoms with Crippen molar-refractivity contribution in [2.45, 2.75) is 46.3 Å². The number of carbonyl (C=O) groups excluding carboxylic acids is 1. The van der Waals surface area contributed by atoms with Crippen LogP contribution in [0.5, 0.6) is 0 Å². The molecule has 21 heavy (non-hydrogen) atoms. The number of morpholine rings is 1. The summed E-state index contributed by atoms with van der Waals surface area (Å²) in [6.45, 7) is 12.9. The maximum atomic E-state index is 12.7. The number of ketones is 1. The van der Waals surface area contributed by atoms with E-state index in [0.29, 0.717) is 0 Å². The molecule has 0 bridgehead atoms. The summed E-state index contributed by atoms with van der Waals surface area (Å²) in [7, 11) is 0. The first-order chi connectivity index (χ1) is 9.70. The molecule has 3 nitrogen and oxygen atoms in total. The van der Waals surface area contributed by atoms with E-state index in [9.17, 15) is 4.79 Å². The van der Waals surface area contributed by atoms with Gasteiger partial charge in [0.15, 0.2) is 5.78 Å². The van der Waals surface area contributed by atoms with E-state index < -0.39 is 5.41 Å². The lowest BCUT2D eigenvalue weighted by molar-refractivity contribution is -0.132. The zero-order valence-electron chi connectivity index (χ0n) is 13.8. The number of hydrogen-bond donors (Lipinski definition) is 0. The number of nitrogens with zero attached hydrogens (tertiary/aromatic N) is 1. The molecular formula is C18H27NO2. The summed E-state index contributed by atoms with van der Waals surface area (Å²) in [5.41, 5.74) is 0.251. The average molecular weight is 289 g/mol. The summed E-state index contributed by atoms with van der Waals surface area (Å²) in [4.78, 5) is 15.1. The Balaban J connectivity index is 2.08. The van der Waals surface area contributed by atoms with Crippen LogP contribution in [0, 0.1) is 5.41 Å². The number of rotatable bonds is 4. The van der Waals surface area contributed by atoms with E-state index in [2.05, 4.69) is 25.7 Å². The molecule has 0 N–H and O–H groups in total. The van der Waals surface area contributed by atoms with Gasteiger partial charge in [0.25, 0.3) is 0 Å². The van der Waals surface area contributed by atoms with E-state index in [0.717, 1.165) is 25.2 Å². The third-order valence-corrected chi connectivity index (χ3v) is 3.91. The summed E-state index contributed by atoms with van der Waals surface area (Å²) in [6.07, 6.45) is 0.205. The Hall–Kier alpha value is -1.19. The molecule has 0 amide bonds. The molecule has 0 saturated carbocycles. The van der Waals surface area contributed by atoms with Crippen LogP contribution in [-0.2, 0) is 4.74 Å². The molecule has 1 aliphatic rings. The fraction of sp³-hybridized carbons (Fsp3) is 0.611. The Morgan fingerprint density at radius 1 is 1.33 bits per heavy atom. The molecule has 0 radical (unpaired) electrons. The SMILES string of the molecule is CC1CN(CC(C)(C)C(=O)c2ccccc2)CC(C)(C)O1. The minimum Gasteiger partial charge on any atom is -0.370 e. The first kappa shape index (κ1) is 16.2. The van der Waals surface area contributed by atoms with Gasteiger partial charge in [-0.2, -0.15) is 0 Å². The normalized spacial score (nSPS) is 23.0. The summed E-state index contributed by atoms with van der Waals surface area (Å²) < 4.78 is 5.94. The topological polar surface area (TPSA) is 29.5 Å². The van der Waals surface area contributed by atoms with Crippen LogP contribution in [0.3, 0.4) is 0 Å². The highest BCUT2D eigenvalue weighted by Gasteiger charge is 2.36. The molecule has 0 aromatic heterocycles. The molecule has 1 heterocycles. The Morgan fingerprint density at radius 3 is 2.52 bits per heavy atom. The highest BCUT2D eigenvalue weighted by Crippen LogP contribution is 2.27. The molecule has 116 valence electrons.